The maximum absolute atomic E-state index is 13.2. The van der Waals surface area contributed by atoms with Gasteiger partial charge in [0.25, 0.3) is 5.91 Å². The lowest BCUT2D eigenvalue weighted by atomic mass is 10.1. The van der Waals surface area contributed by atoms with Gasteiger partial charge in [0, 0.05) is 12.1 Å². The van der Waals surface area contributed by atoms with Crippen molar-refractivity contribution in [3.63, 3.8) is 0 Å². The standard InChI is InChI=1S/C13H11F4NO3/c14-9-4-3-7(6-8(9)13(15,16)17)11(19)18-5-1-2-10(18)12(20)21/h3-4,6,10H,1-2,5H2,(H,20,21)/t10-/m0/s1. The Hall–Kier alpha value is -2.12. The summed E-state index contributed by atoms with van der Waals surface area (Å²) in [6.07, 6.45) is -4.22. The Morgan fingerprint density at radius 2 is 1.95 bits per heavy atom. The van der Waals surface area contributed by atoms with Gasteiger partial charge in [-0.25, -0.2) is 9.18 Å². The second kappa shape index (κ2) is 5.34. The second-order valence-electron chi connectivity index (χ2n) is 4.69. The number of amides is 1. The Morgan fingerprint density at radius 1 is 1.29 bits per heavy atom. The van der Waals surface area contributed by atoms with Crippen molar-refractivity contribution < 1.29 is 32.3 Å². The van der Waals surface area contributed by atoms with Gasteiger partial charge in [-0.05, 0) is 31.0 Å². The number of carbonyl (C=O) groups excluding carboxylic acids is 1. The number of aliphatic carboxylic acids is 1. The van der Waals surface area contributed by atoms with Gasteiger partial charge in [-0.3, -0.25) is 4.79 Å². The zero-order chi connectivity index (χ0) is 15.8. The minimum atomic E-state index is -4.92. The Labute approximate surface area is 117 Å². The lowest BCUT2D eigenvalue weighted by Gasteiger charge is -2.22. The normalized spacial score (nSPS) is 18.9. The van der Waals surface area contributed by atoms with Crippen LogP contribution in [0.3, 0.4) is 0 Å². The van der Waals surface area contributed by atoms with Gasteiger partial charge in [-0.2, -0.15) is 13.2 Å². The lowest BCUT2D eigenvalue weighted by molar-refractivity contribution is -0.142. The number of halogens is 4. The number of carbonyl (C=O) groups is 2. The first-order chi connectivity index (χ1) is 9.71. The van der Waals surface area contributed by atoms with Gasteiger partial charge >= 0.3 is 12.1 Å². The molecule has 0 radical (unpaired) electrons. The number of alkyl halides is 3. The van der Waals surface area contributed by atoms with Crippen LogP contribution in [0.4, 0.5) is 17.6 Å². The molecule has 1 aromatic carbocycles. The largest absolute Gasteiger partial charge is 0.480 e. The first-order valence-corrected chi connectivity index (χ1v) is 6.12. The van der Waals surface area contributed by atoms with Crippen molar-refractivity contribution >= 4 is 11.9 Å². The van der Waals surface area contributed by atoms with E-state index in [-0.39, 0.29) is 18.5 Å². The predicted molar refractivity (Wildman–Crippen MR) is 63.1 cm³/mol. The number of carboxylic acids is 1. The lowest BCUT2D eigenvalue weighted by Crippen LogP contribution is -2.40. The highest BCUT2D eigenvalue weighted by molar-refractivity contribution is 5.97. The molecule has 4 nitrogen and oxygen atoms in total. The molecular formula is C13H11F4NO3. The molecule has 0 aromatic heterocycles. The number of likely N-dealkylation sites (tertiary alicyclic amines) is 1. The summed E-state index contributed by atoms with van der Waals surface area (Å²) in [6.45, 7) is 0.147. The minimum absolute atomic E-state index is 0.147. The van der Waals surface area contributed by atoms with Crippen molar-refractivity contribution in [1.82, 2.24) is 4.90 Å². The Bertz CT molecular complexity index is 585. The maximum Gasteiger partial charge on any atom is 0.419 e. The van der Waals surface area contributed by atoms with E-state index < -0.39 is 35.5 Å². The van der Waals surface area contributed by atoms with Gasteiger partial charge in [-0.15, -0.1) is 0 Å². The molecule has 1 aliphatic rings. The maximum atomic E-state index is 13.2. The third-order valence-electron chi connectivity index (χ3n) is 3.32. The average Bonchev–Trinajstić information content (AvgIpc) is 2.86. The van der Waals surface area contributed by atoms with Crippen LogP contribution in [0.5, 0.6) is 0 Å². The van der Waals surface area contributed by atoms with Gasteiger partial charge in [0.1, 0.15) is 11.9 Å². The third kappa shape index (κ3) is 2.98. The summed E-state index contributed by atoms with van der Waals surface area (Å²) in [5.41, 5.74) is -1.92. The molecule has 0 saturated carbocycles. The van der Waals surface area contributed by atoms with E-state index in [2.05, 4.69) is 0 Å². The predicted octanol–water partition coefficient (Wildman–Crippen LogP) is 2.53. The second-order valence-corrected chi connectivity index (χ2v) is 4.69. The number of hydrogen-bond acceptors (Lipinski definition) is 2. The number of hydrogen-bond donors (Lipinski definition) is 1. The zero-order valence-corrected chi connectivity index (χ0v) is 10.7. The highest BCUT2D eigenvalue weighted by atomic mass is 19.4. The molecule has 1 atom stereocenters. The van der Waals surface area contributed by atoms with Gasteiger partial charge in [0.15, 0.2) is 0 Å². The topological polar surface area (TPSA) is 57.6 Å². The number of benzene rings is 1. The molecule has 1 saturated heterocycles. The van der Waals surface area contributed by atoms with Crippen molar-refractivity contribution in [2.75, 3.05) is 6.54 Å². The molecule has 0 bridgehead atoms. The molecule has 1 fully saturated rings. The van der Waals surface area contributed by atoms with Gasteiger partial charge < -0.3 is 10.0 Å². The Kier molecular flexibility index (Phi) is 3.89. The van der Waals surface area contributed by atoms with E-state index in [0.29, 0.717) is 18.6 Å². The molecule has 1 N–H and O–H groups in total. The van der Waals surface area contributed by atoms with Gasteiger partial charge in [0.2, 0.25) is 0 Å². The SMILES string of the molecule is O=C(O)[C@@H]1CCCN1C(=O)c1ccc(F)c(C(F)(F)F)c1. The van der Waals surface area contributed by atoms with Crippen LogP contribution in [0.2, 0.25) is 0 Å². The summed E-state index contributed by atoms with van der Waals surface area (Å²) in [5.74, 6) is -3.53. The van der Waals surface area contributed by atoms with Crippen LogP contribution in [-0.2, 0) is 11.0 Å². The van der Waals surface area contributed by atoms with E-state index in [9.17, 15) is 27.2 Å². The quantitative estimate of drug-likeness (QED) is 0.854. The minimum Gasteiger partial charge on any atom is -0.480 e. The molecule has 1 heterocycles. The third-order valence-corrected chi connectivity index (χ3v) is 3.32. The van der Waals surface area contributed by atoms with Crippen LogP contribution in [0, 0.1) is 5.82 Å². The zero-order valence-electron chi connectivity index (χ0n) is 10.7. The van der Waals surface area contributed by atoms with Crippen LogP contribution in [-0.4, -0.2) is 34.5 Å². The molecule has 0 unspecified atom stereocenters. The van der Waals surface area contributed by atoms with Crippen molar-refractivity contribution in [1.29, 1.82) is 0 Å². The van der Waals surface area contributed by atoms with E-state index in [1.165, 1.54) is 0 Å². The van der Waals surface area contributed by atoms with E-state index in [1.807, 2.05) is 0 Å². The molecule has 1 amide bonds. The van der Waals surface area contributed by atoms with Crippen molar-refractivity contribution in [2.24, 2.45) is 0 Å². The average molecular weight is 305 g/mol. The molecule has 1 aliphatic heterocycles. The molecule has 0 spiro atoms. The number of rotatable bonds is 2. The summed E-state index contributed by atoms with van der Waals surface area (Å²) in [6, 6.07) is 0.831. The summed E-state index contributed by atoms with van der Waals surface area (Å²) in [7, 11) is 0. The van der Waals surface area contributed by atoms with E-state index in [0.717, 1.165) is 11.0 Å². The molecule has 114 valence electrons. The van der Waals surface area contributed by atoms with Gasteiger partial charge in [0.05, 0.1) is 5.56 Å². The summed E-state index contributed by atoms with van der Waals surface area (Å²) in [4.78, 5) is 24.1. The monoisotopic (exact) mass is 305 g/mol. The Morgan fingerprint density at radius 3 is 2.52 bits per heavy atom. The first kappa shape index (κ1) is 15.3. The van der Waals surface area contributed by atoms with Crippen LogP contribution >= 0.6 is 0 Å². The highest BCUT2D eigenvalue weighted by Gasteiger charge is 2.37. The highest BCUT2D eigenvalue weighted by Crippen LogP contribution is 2.32. The van der Waals surface area contributed by atoms with Gasteiger partial charge in [-0.1, -0.05) is 0 Å². The fourth-order valence-electron chi connectivity index (χ4n) is 2.31. The van der Waals surface area contributed by atoms with Crippen LogP contribution in [0.1, 0.15) is 28.8 Å². The van der Waals surface area contributed by atoms with E-state index in [1.54, 1.807) is 0 Å². The van der Waals surface area contributed by atoms with Crippen molar-refractivity contribution in [2.45, 2.75) is 25.1 Å². The fourth-order valence-corrected chi connectivity index (χ4v) is 2.31. The molecular weight excluding hydrogens is 294 g/mol. The first-order valence-electron chi connectivity index (χ1n) is 6.12. The molecule has 21 heavy (non-hydrogen) atoms. The number of nitrogens with zero attached hydrogens (tertiary/aromatic N) is 1. The molecule has 2 rings (SSSR count). The molecule has 8 heteroatoms. The molecule has 1 aromatic rings. The summed E-state index contributed by atoms with van der Waals surface area (Å²) < 4.78 is 51.0. The smallest absolute Gasteiger partial charge is 0.419 e. The number of carboxylic acid groups (broad SMARTS) is 1. The summed E-state index contributed by atoms with van der Waals surface area (Å²) in [5, 5.41) is 8.97. The van der Waals surface area contributed by atoms with E-state index >= 15 is 0 Å². The van der Waals surface area contributed by atoms with Crippen molar-refractivity contribution in [3.05, 3.63) is 35.1 Å². The fraction of sp³-hybridized carbons (Fsp3) is 0.385. The Balaban J connectivity index is 2.34. The van der Waals surface area contributed by atoms with Crippen molar-refractivity contribution in [3.8, 4) is 0 Å². The van der Waals surface area contributed by atoms with Crippen LogP contribution in [0.25, 0.3) is 0 Å². The van der Waals surface area contributed by atoms with E-state index in [4.69, 9.17) is 5.11 Å². The molecule has 0 aliphatic carbocycles. The van der Waals surface area contributed by atoms with Crippen LogP contribution < -0.4 is 0 Å². The van der Waals surface area contributed by atoms with Crippen LogP contribution in [0.15, 0.2) is 18.2 Å². The summed E-state index contributed by atoms with van der Waals surface area (Å²) >= 11 is 0.